The van der Waals surface area contributed by atoms with Gasteiger partial charge in [0.15, 0.2) is 4.80 Å². The fourth-order valence-electron chi connectivity index (χ4n) is 3.40. The minimum atomic E-state index is -3.21. The van der Waals surface area contributed by atoms with E-state index in [4.69, 9.17) is 9.47 Å². The van der Waals surface area contributed by atoms with Crippen molar-refractivity contribution in [2.45, 2.75) is 26.3 Å². The van der Waals surface area contributed by atoms with E-state index in [0.717, 1.165) is 16.0 Å². The number of thiazole rings is 1. The van der Waals surface area contributed by atoms with Crippen LogP contribution in [0.5, 0.6) is 5.75 Å². The topological polar surface area (TPSA) is 90.2 Å². The fraction of sp³-hybridized carbons (Fsp3) is 0.579. The average Bonchev–Trinajstić information content (AvgIpc) is 3.03. The van der Waals surface area contributed by atoms with Gasteiger partial charge in [-0.1, -0.05) is 11.3 Å². The van der Waals surface area contributed by atoms with Crippen LogP contribution in [-0.4, -0.2) is 62.9 Å². The third-order valence-electron chi connectivity index (χ3n) is 5.03. The van der Waals surface area contributed by atoms with E-state index in [9.17, 15) is 13.2 Å². The van der Waals surface area contributed by atoms with Crippen molar-refractivity contribution < 1.29 is 22.7 Å². The van der Waals surface area contributed by atoms with Crippen LogP contribution in [0.25, 0.3) is 10.2 Å². The molecule has 1 aliphatic heterocycles. The Hall–Kier alpha value is -1.75. The van der Waals surface area contributed by atoms with Crippen molar-refractivity contribution in [2.24, 2.45) is 10.9 Å². The third-order valence-corrected chi connectivity index (χ3v) is 7.38. The van der Waals surface area contributed by atoms with Gasteiger partial charge in [0.2, 0.25) is 10.0 Å². The molecule has 10 heteroatoms. The molecule has 2 heterocycles. The molecule has 0 unspecified atom stereocenters. The molecule has 1 aromatic heterocycles. The first-order valence-electron chi connectivity index (χ1n) is 9.62. The summed E-state index contributed by atoms with van der Waals surface area (Å²) in [5.74, 6) is 0.302. The van der Waals surface area contributed by atoms with Crippen LogP contribution >= 0.6 is 11.3 Å². The van der Waals surface area contributed by atoms with Gasteiger partial charge in [-0.25, -0.2) is 12.7 Å². The molecule has 2 aromatic rings. The lowest BCUT2D eigenvalue weighted by molar-refractivity contribution is -0.122. The Bertz CT molecular complexity index is 1030. The fourth-order valence-corrected chi connectivity index (χ4v) is 5.37. The summed E-state index contributed by atoms with van der Waals surface area (Å²) in [4.78, 5) is 17.9. The number of carbonyl (C=O) groups excluding carboxylic acids is 1. The zero-order valence-corrected chi connectivity index (χ0v) is 18.6. The van der Waals surface area contributed by atoms with Crippen LogP contribution in [0.1, 0.15) is 19.8 Å². The normalized spacial score (nSPS) is 17.1. The summed E-state index contributed by atoms with van der Waals surface area (Å²) in [6, 6.07) is 5.79. The minimum absolute atomic E-state index is 0.193. The summed E-state index contributed by atoms with van der Waals surface area (Å²) in [6.45, 7) is 4.42. The van der Waals surface area contributed by atoms with Crippen molar-refractivity contribution in [1.29, 1.82) is 0 Å². The number of hydrogen-bond acceptors (Lipinski definition) is 6. The highest BCUT2D eigenvalue weighted by molar-refractivity contribution is 7.88. The highest BCUT2D eigenvalue weighted by atomic mass is 32.2. The molecule has 8 nitrogen and oxygen atoms in total. The molecule has 3 rings (SSSR count). The highest BCUT2D eigenvalue weighted by Crippen LogP contribution is 2.24. The minimum Gasteiger partial charge on any atom is -0.497 e. The van der Waals surface area contributed by atoms with Crippen LogP contribution in [-0.2, 0) is 26.1 Å². The zero-order valence-electron chi connectivity index (χ0n) is 17.0. The van der Waals surface area contributed by atoms with Crippen LogP contribution in [0.4, 0.5) is 0 Å². The van der Waals surface area contributed by atoms with Crippen LogP contribution in [0.3, 0.4) is 0 Å². The van der Waals surface area contributed by atoms with Crippen molar-refractivity contribution in [2.75, 3.05) is 39.7 Å². The van der Waals surface area contributed by atoms with Crippen molar-refractivity contribution >= 4 is 37.5 Å². The second-order valence-electron chi connectivity index (χ2n) is 6.95. The number of nitrogens with zero attached hydrogens (tertiary/aromatic N) is 3. The molecule has 0 radical (unpaired) electrons. The molecular weight excluding hydrogens is 414 g/mol. The molecule has 0 saturated carbocycles. The number of aromatic nitrogens is 1. The van der Waals surface area contributed by atoms with E-state index in [1.807, 2.05) is 29.7 Å². The van der Waals surface area contributed by atoms with E-state index in [1.165, 1.54) is 21.9 Å². The molecule has 1 aliphatic rings. The number of piperidine rings is 1. The Morgan fingerprint density at radius 2 is 2.03 bits per heavy atom. The average molecular weight is 442 g/mol. The Morgan fingerprint density at radius 3 is 2.66 bits per heavy atom. The molecule has 0 spiro atoms. The second-order valence-corrected chi connectivity index (χ2v) is 9.94. The molecule has 29 heavy (non-hydrogen) atoms. The van der Waals surface area contributed by atoms with E-state index in [1.54, 1.807) is 7.11 Å². The largest absolute Gasteiger partial charge is 0.497 e. The summed E-state index contributed by atoms with van der Waals surface area (Å²) in [6.07, 6.45) is 2.19. The maximum Gasteiger partial charge on any atom is 0.251 e. The number of fused-ring (bicyclic) bond motifs is 1. The first kappa shape index (κ1) is 21.9. The smallest absolute Gasteiger partial charge is 0.251 e. The number of hydrogen-bond donors (Lipinski definition) is 0. The van der Waals surface area contributed by atoms with Gasteiger partial charge in [0.05, 0.1) is 30.2 Å². The van der Waals surface area contributed by atoms with E-state index < -0.39 is 10.0 Å². The van der Waals surface area contributed by atoms with Gasteiger partial charge in [0.1, 0.15) is 5.75 Å². The number of ether oxygens (including phenoxy) is 2. The molecule has 1 aromatic carbocycles. The number of methoxy groups -OCH3 is 1. The zero-order chi connectivity index (χ0) is 21.0. The molecule has 1 saturated heterocycles. The lowest BCUT2D eigenvalue weighted by Gasteiger charge is -2.28. The molecule has 1 fully saturated rings. The van der Waals surface area contributed by atoms with Gasteiger partial charge in [0, 0.05) is 32.2 Å². The van der Waals surface area contributed by atoms with Crippen LogP contribution in [0, 0.1) is 5.92 Å². The van der Waals surface area contributed by atoms with Gasteiger partial charge in [-0.15, -0.1) is 0 Å². The van der Waals surface area contributed by atoms with Gasteiger partial charge >= 0.3 is 0 Å². The van der Waals surface area contributed by atoms with Crippen molar-refractivity contribution in [1.82, 2.24) is 8.87 Å². The second kappa shape index (κ2) is 9.38. The van der Waals surface area contributed by atoms with Crippen LogP contribution in [0.2, 0.25) is 0 Å². The standard InChI is InChI=1S/C19H27N3O5S2/c1-4-27-12-11-22-16-6-5-15(26-2)13-17(16)28-19(22)20-18(23)14-7-9-21(10-8-14)29(3,24)25/h5-6,13-14H,4,7-12H2,1-3H3. The summed E-state index contributed by atoms with van der Waals surface area (Å²) in [5.41, 5.74) is 0.981. The molecule has 0 N–H and O–H groups in total. The van der Waals surface area contributed by atoms with Crippen molar-refractivity contribution in [3.8, 4) is 5.75 Å². The van der Waals surface area contributed by atoms with Gasteiger partial charge in [-0.05, 0) is 38.0 Å². The quantitative estimate of drug-likeness (QED) is 0.612. The van der Waals surface area contributed by atoms with E-state index >= 15 is 0 Å². The number of sulfonamides is 1. The van der Waals surface area contributed by atoms with Crippen molar-refractivity contribution in [3.63, 3.8) is 0 Å². The van der Waals surface area contributed by atoms with E-state index in [2.05, 4.69) is 4.99 Å². The van der Waals surface area contributed by atoms with Crippen molar-refractivity contribution in [3.05, 3.63) is 23.0 Å². The van der Waals surface area contributed by atoms with Gasteiger partial charge < -0.3 is 14.0 Å². The summed E-state index contributed by atoms with van der Waals surface area (Å²) < 4.78 is 38.5. The Balaban J connectivity index is 1.87. The first-order valence-corrected chi connectivity index (χ1v) is 12.3. The lowest BCUT2D eigenvalue weighted by Crippen LogP contribution is -2.39. The van der Waals surface area contributed by atoms with Crippen LogP contribution in [0.15, 0.2) is 23.2 Å². The van der Waals surface area contributed by atoms with E-state index in [-0.39, 0.29) is 11.8 Å². The molecule has 0 aliphatic carbocycles. The van der Waals surface area contributed by atoms with Gasteiger partial charge in [0.25, 0.3) is 5.91 Å². The molecule has 0 bridgehead atoms. The molecular formula is C19H27N3O5S2. The number of amides is 1. The number of benzene rings is 1. The maximum atomic E-state index is 12.8. The van der Waals surface area contributed by atoms with Crippen LogP contribution < -0.4 is 9.54 Å². The Labute approximate surface area is 174 Å². The summed E-state index contributed by atoms with van der Waals surface area (Å²) in [7, 11) is -1.59. The Morgan fingerprint density at radius 1 is 1.31 bits per heavy atom. The lowest BCUT2D eigenvalue weighted by atomic mass is 9.98. The highest BCUT2D eigenvalue weighted by Gasteiger charge is 2.29. The third kappa shape index (κ3) is 5.25. The molecule has 0 atom stereocenters. The molecule has 160 valence electrons. The van der Waals surface area contributed by atoms with Gasteiger partial charge in [-0.2, -0.15) is 4.99 Å². The summed E-state index contributed by atoms with van der Waals surface area (Å²) in [5, 5.41) is 0. The van der Waals surface area contributed by atoms with E-state index in [0.29, 0.717) is 50.5 Å². The predicted molar refractivity (Wildman–Crippen MR) is 113 cm³/mol. The predicted octanol–water partition coefficient (Wildman–Crippen LogP) is 1.85. The van der Waals surface area contributed by atoms with Gasteiger partial charge in [-0.3, -0.25) is 4.79 Å². The molecule has 1 amide bonds. The monoisotopic (exact) mass is 441 g/mol. The Kier molecular flexibility index (Phi) is 7.10. The summed E-state index contributed by atoms with van der Waals surface area (Å²) >= 11 is 1.44. The number of rotatable bonds is 7. The SMILES string of the molecule is CCOCCn1c(=NC(=O)C2CCN(S(C)(=O)=O)CC2)sc2cc(OC)ccc21. The maximum absolute atomic E-state index is 12.8. The number of carbonyl (C=O) groups is 1. The first-order chi connectivity index (χ1) is 13.8.